The van der Waals surface area contributed by atoms with Gasteiger partial charge >= 0.3 is 0 Å². The Hall–Kier alpha value is -1.68. The molecular formula is C16H19N3S. The molecule has 20 heavy (non-hydrogen) atoms. The SMILES string of the molecule is CC(CS)(Cc1ncc[nH]1)Cc1c[nH]c2ccccc12. The van der Waals surface area contributed by atoms with Crippen molar-refractivity contribution < 1.29 is 0 Å². The van der Waals surface area contributed by atoms with Crippen molar-refractivity contribution in [2.75, 3.05) is 5.75 Å². The van der Waals surface area contributed by atoms with Gasteiger partial charge in [-0.15, -0.1) is 0 Å². The van der Waals surface area contributed by atoms with Gasteiger partial charge in [-0.1, -0.05) is 25.1 Å². The van der Waals surface area contributed by atoms with Gasteiger partial charge in [-0.2, -0.15) is 12.6 Å². The van der Waals surface area contributed by atoms with Gasteiger partial charge in [-0.25, -0.2) is 4.98 Å². The number of rotatable bonds is 5. The van der Waals surface area contributed by atoms with Crippen LogP contribution >= 0.6 is 12.6 Å². The number of hydrogen-bond donors (Lipinski definition) is 3. The molecule has 0 bridgehead atoms. The molecule has 0 aliphatic rings. The number of fused-ring (bicyclic) bond motifs is 1. The Morgan fingerprint density at radius 2 is 2.05 bits per heavy atom. The van der Waals surface area contributed by atoms with E-state index in [1.807, 2.05) is 6.20 Å². The first-order valence-electron chi connectivity index (χ1n) is 6.84. The first-order valence-corrected chi connectivity index (χ1v) is 7.47. The van der Waals surface area contributed by atoms with Crippen molar-refractivity contribution in [1.29, 1.82) is 0 Å². The van der Waals surface area contributed by atoms with Crippen molar-refractivity contribution in [2.45, 2.75) is 19.8 Å². The molecule has 4 heteroatoms. The number of hydrogen-bond acceptors (Lipinski definition) is 2. The fourth-order valence-electron chi connectivity index (χ4n) is 2.71. The Balaban J connectivity index is 1.87. The summed E-state index contributed by atoms with van der Waals surface area (Å²) in [4.78, 5) is 10.9. The second-order valence-corrected chi connectivity index (χ2v) is 6.03. The summed E-state index contributed by atoms with van der Waals surface area (Å²) in [7, 11) is 0. The van der Waals surface area contributed by atoms with Crippen LogP contribution in [0.15, 0.2) is 42.9 Å². The summed E-state index contributed by atoms with van der Waals surface area (Å²) in [6.45, 7) is 2.27. The van der Waals surface area contributed by atoms with E-state index in [1.54, 1.807) is 6.20 Å². The molecule has 2 heterocycles. The molecular weight excluding hydrogens is 266 g/mol. The quantitative estimate of drug-likeness (QED) is 0.616. The molecule has 0 spiro atoms. The number of thiol groups is 1. The summed E-state index contributed by atoms with van der Waals surface area (Å²) in [5.41, 5.74) is 2.64. The van der Waals surface area contributed by atoms with E-state index in [2.05, 4.69) is 65.0 Å². The minimum atomic E-state index is 0.0892. The first kappa shape index (κ1) is 13.3. The third-order valence-electron chi connectivity index (χ3n) is 3.82. The molecule has 1 atom stereocenters. The van der Waals surface area contributed by atoms with Crippen molar-refractivity contribution in [1.82, 2.24) is 15.0 Å². The van der Waals surface area contributed by atoms with Gasteiger partial charge < -0.3 is 9.97 Å². The van der Waals surface area contributed by atoms with E-state index in [-0.39, 0.29) is 5.41 Å². The molecule has 0 aliphatic carbocycles. The predicted molar refractivity (Wildman–Crippen MR) is 86.3 cm³/mol. The smallest absolute Gasteiger partial charge is 0.106 e. The normalized spacial score (nSPS) is 14.5. The standard InChI is InChI=1S/C16H19N3S/c1-16(11-20,9-15-17-6-7-18-15)8-12-10-19-14-5-3-2-4-13(12)14/h2-7,10,19-20H,8-9,11H2,1H3,(H,17,18). The van der Waals surface area contributed by atoms with Crippen molar-refractivity contribution >= 4 is 23.5 Å². The number of H-pyrrole nitrogens is 2. The van der Waals surface area contributed by atoms with Gasteiger partial charge in [0.1, 0.15) is 5.82 Å². The van der Waals surface area contributed by atoms with Crippen LogP contribution in [0.4, 0.5) is 0 Å². The molecule has 0 radical (unpaired) electrons. The molecule has 104 valence electrons. The van der Waals surface area contributed by atoms with Crippen LogP contribution in [0, 0.1) is 5.41 Å². The number of para-hydroxylation sites is 1. The number of nitrogens with zero attached hydrogens (tertiary/aromatic N) is 1. The molecule has 3 rings (SSSR count). The third kappa shape index (κ3) is 2.61. The van der Waals surface area contributed by atoms with E-state index < -0.39 is 0 Å². The van der Waals surface area contributed by atoms with Gasteiger partial charge in [0.25, 0.3) is 0 Å². The fraction of sp³-hybridized carbons (Fsp3) is 0.312. The van der Waals surface area contributed by atoms with Gasteiger partial charge in [0.05, 0.1) is 0 Å². The highest BCUT2D eigenvalue weighted by Gasteiger charge is 2.26. The number of nitrogens with one attached hydrogen (secondary N) is 2. The maximum atomic E-state index is 4.57. The second-order valence-electron chi connectivity index (χ2n) is 5.72. The molecule has 0 saturated carbocycles. The molecule has 2 N–H and O–H groups in total. The summed E-state index contributed by atoms with van der Waals surface area (Å²) in [6.07, 6.45) is 7.69. The Kier molecular flexibility index (Phi) is 3.57. The van der Waals surface area contributed by atoms with Gasteiger partial charge in [0, 0.05) is 35.9 Å². The summed E-state index contributed by atoms with van der Waals surface area (Å²) in [6, 6.07) is 8.43. The van der Waals surface area contributed by atoms with Crippen molar-refractivity contribution in [3.05, 3.63) is 54.2 Å². The minimum Gasteiger partial charge on any atom is -0.361 e. The highest BCUT2D eigenvalue weighted by atomic mass is 32.1. The van der Waals surface area contributed by atoms with Gasteiger partial charge in [-0.05, 0) is 29.2 Å². The predicted octanol–water partition coefficient (Wildman–Crippen LogP) is 3.61. The average molecular weight is 285 g/mol. The Morgan fingerprint density at radius 1 is 1.20 bits per heavy atom. The average Bonchev–Trinajstić information content (AvgIpc) is 3.09. The van der Waals surface area contributed by atoms with E-state index in [4.69, 9.17) is 0 Å². The monoisotopic (exact) mass is 285 g/mol. The largest absolute Gasteiger partial charge is 0.361 e. The van der Waals surface area contributed by atoms with Crippen molar-refractivity contribution in [3.8, 4) is 0 Å². The van der Waals surface area contributed by atoms with E-state index in [0.717, 1.165) is 24.4 Å². The minimum absolute atomic E-state index is 0.0892. The summed E-state index contributed by atoms with van der Waals surface area (Å²) < 4.78 is 0. The van der Waals surface area contributed by atoms with E-state index in [9.17, 15) is 0 Å². The van der Waals surface area contributed by atoms with Crippen LogP contribution in [0.25, 0.3) is 10.9 Å². The molecule has 0 saturated heterocycles. The lowest BCUT2D eigenvalue weighted by atomic mass is 9.82. The summed E-state index contributed by atoms with van der Waals surface area (Å²) >= 11 is 4.57. The maximum Gasteiger partial charge on any atom is 0.106 e. The molecule has 0 amide bonds. The van der Waals surface area contributed by atoms with Crippen LogP contribution in [-0.2, 0) is 12.8 Å². The Labute approximate surface area is 124 Å². The van der Waals surface area contributed by atoms with Crippen LogP contribution in [0.2, 0.25) is 0 Å². The fourth-order valence-corrected chi connectivity index (χ4v) is 2.93. The molecule has 1 unspecified atom stereocenters. The van der Waals surface area contributed by atoms with E-state index >= 15 is 0 Å². The lowest BCUT2D eigenvalue weighted by Gasteiger charge is -2.26. The number of aromatic amines is 2. The lowest BCUT2D eigenvalue weighted by Crippen LogP contribution is -2.25. The van der Waals surface area contributed by atoms with Gasteiger partial charge in [0.2, 0.25) is 0 Å². The van der Waals surface area contributed by atoms with E-state index in [1.165, 1.54) is 16.5 Å². The van der Waals surface area contributed by atoms with Crippen molar-refractivity contribution in [2.24, 2.45) is 5.41 Å². The van der Waals surface area contributed by atoms with Crippen LogP contribution in [0.3, 0.4) is 0 Å². The van der Waals surface area contributed by atoms with Gasteiger partial charge in [0.15, 0.2) is 0 Å². The second kappa shape index (κ2) is 5.37. The molecule has 0 aliphatic heterocycles. The lowest BCUT2D eigenvalue weighted by molar-refractivity contribution is 0.365. The number of imidazole rings is 1. The van der Waals surface area contributed by atoms with Crippen LogP contribution in [0.5, 0.6) is 0 Å². The Bertz CT molecular complexity index is 687. The van der Waals surface area contributed by atoms with Crippen molar-refractivity contribution in [3.63, 3.8) is 0 Å². The third-order valence-corrected chi connectivity index (χ3v) is 4.59. The van der Waals surface area contributed by atoms with E-state index in [0.29, 0.717) is 0 Å². The molecule has 2 aromatic heterocycles. The molecule has 3 nitrogen and oxygen atoms in total. The van der Waals surface area contributed by atoms with Crippen LogP contribution in [-0.4, -0.2) is 20.7 Å². The Morgan fingerprint density at radius 3 is 2.80 bits per heavy atom. The summed E-state index contributed by atoms with van der Waals surface area (Å²) in [5, 5.41) is 1.31. The number of aromatic nitrogens is 3. The zero-order valence-corrected chi connectivity index (χ0v) is 12.5. The maximum absolute atomic E-state index is 4.57. The zero-order chi connectivity index (χ0) is 14.0. The highest BCUT2D eigenvalue weighted by Crippen LogP contribution is 2.31. The number of benzene rings is 1. The van der Waals surface area contributed by atoms with Crippen LogP contribution < -0.4 is 0 Å². The first-order chi connectivity index (χ1) is 9.70. The summed E-state index contributed by atoms with van der Waals surface area (Å²) in [5.74, 6) is 1.86. The molecule has 0 fully saturated rings. The topological polar surface area (TPSA) is 44.5 Å². The highest BCUT2D eigenvalue weighted by molar-refractivity contribution is 7.80. The van der Waals surface area contributed by atoms with Crippen LogP contribution in [0.1, 0.15) is 18.3 Å². The van der Waals surface area contributed by atoms with Gasteiger partial charge in [-0.3, -0.25) is 0 Å². The molecule has 3 aromatic rings. The zero-order valence-electron chi connectivity index (χ0n) is 11.6. The molecule has 1 aromatic carbocycles.